The summed E-state index contributed by atoms with van der Waals surface area (Å²) in [5.74, 6) is 0.232. The van der Waals surface area contributed by atoms with Crippen molar-refractivity contribution in [2.75, 3.05) is 13.1 Å². The Kier molecular flexibility index (Phi) is 4.31. The number of hydrogen-bond acceptors (Lipinski definition) is 6. The lowest BCUT2D eigenvalue weighted by atomic mass is 9.98. The smallest absolute Gasteiger partial charge is 0.266 e. The highest BCUT2D eigenvalue weighted by atomic mass is 32.2. The van der Waals surface area contributed by atoms with Gasteiger partial charge in [-0.3, -0.25) is 4.79 Å². The van der Waals surface area contributed by atoms with E-state index in [1.165, 1.54) is 21.3 Å². The predicted octanol–water partition coefficient (Wildman–Crippen LogP) is 0.641. The second kappa shape index (κ2) is 6.25. The van der Waals surface area contributed by atoms with Gasteiger partial charge in [0.05, 0.1) is 11.9 Å². The molecule has 0 bridgehead atoms. The molecule has 2 aromatic heterocycles. The Balaban J connectivity index is 1.65. The first-order chi connectivity index (χ1) is 11.0. The van der Waals surface area contributed by atoms with Crippen LogP contribution in [0.15, 0.2) is 38.8 Å². The first kappa shape index (κ1) is 15.9. The van der Waals surface area contributed by atoms with Crippen molar-refractivity contribution in [3.05, 3.63) is 40.6 Å². The Labute approximate surface area is 133 Å². The number of piperidine rings is 1. The summed E-state index contributed by atoms with van der Waals surface area (Å²) in [7, 11) is -3.54. The molecule has 0 atom stereocenters. The topological polar surface area (TPSA) is 98.3 Å². The first-order valence-electron chi connectivity index (χ1n) is 7.41. The normalized spacial score (nSPS) is 17.4. The molecule has 0 spiro atoms. The van der Waals surface area contributed by atoms with Gasteiger partial charge >= 0.3 is 0 Å². The van der Waals surface area contributed by atoms with Crippen LogP contribution in [0.25, 0.3) is 0 Å². The van der Waals surface area contributed by atoms with Crippen molar-refractivity contribution in [2.45, 2.75) is 31.2 Å². The molecule has 0 radical (unpaired) electrons. The molecule has 23 heavy (non-hydrogen) atoms. The van der Waals surface area contributed by atoms with Crippen LogP contribution < -0.4 is 5.56 Å². The van der Waals surface area contributed by atoms with Crippen molar-refractivity contribution in [2.24, 2.45) is 5.92 Å². The van der Waals surface area contributed by atoms with Crippen LogP contribution in [0.3, 0.4) is 0 Å². The molecule has 9 heteroatoms. The van der Waals surface area contributed by atoms with E-state index >= 15 is 0 Å². The zero-order chi connectivity index (χ0) is 16.4. The van der Waals surface area contributed by atoms with E-state index in [9.17, 15) is 13.2 Å². The fraction of sp³-hybridized carbons (Fsp3) is 0.500. The van der Waals surface area contributed by atoms with Gasteiger partial charge in [0.1, 0.15) is 11.2 Å². The van der Waals surface area contributed by atoms with Gasteiger partial charge in [-0.2, -0.15) is 9.40 Å². The van der Waals surface area contributed by atoms with E-state index in [4.69, 9.17) is 0 Å². The molecule has 124 valence electrons. The van der Waals surface area contributed by atoms with Crippen molar-refractivity contribution < 1.29 is 12.9 Å². The molecule has 1 aliphatic rings. The third-order valence-electron chi connectivity index (χ3n) is 4.05. The molecule has 1 aliphatic heterocycles. The molecule has 1 saturated heterocycles. The molecule has 3 heterocycles. The summed E-state index contributed by atoms with van der Waals surface area (Å²) < 4.78 is 32.3. The Morgan fingerprint density at radius 3 is 2.70 bits per heavy atom. The van der Waals surface area contributed by atoms with E-state index in [1.807, 2.05) is 6.92 Å². The maximum absolute atomic E-state index is 12.4. The van der Waals surface area contributed by atoms with E-state index in [-0.39, 0.29) is 16.4 Å². The number of aryl methyl sites for hydroxylation is 1. The zero-order valence-corrected chi connectivity index (χ0v) is 13.6. The number of rotatable bonds is 4. The summed E-state index contributed by atoms with van der Waals surface area (Å²) in [6.07, 6.45) is 3.72. The molecule has 3 rings (SSSR count). The second-order valence-corrected chi connectivity index (χ2v) is 7.64. The molecule has 2 aromatic rings. The lowest BCUT2D eigenvalue weighted by Crippen LogP contribution is -2.40. The molecule has 0 amide bonds. The number of sulfonamides is 1. The lowest BCUT2D eigenvalue weighted by molar-refractivity contribution is 0.244. The maximum Gasteiger partial charge on any atom is 0.266 e. The Bertz CT molecular complexity index is 821. The highest BCUT2D eigenvalue weighted by Gasteiger charge is 2.30. The fourth-order valence-corrected chi connectivity index (χ4v) is 4.06. The van der Waals surface area contributed by atoms with Crippen molar-refractivity contribution >= 4 is 10.0 Å². The summed E-state index contributed by atoms with van der Waals surface area (Å²) in [6.45, 7) is 3.18. The maximum atomic E-state index is 12.4. The van der Waals surface area contributed by atoms with E-state index in [1.54, 1.807) is 6.07 Å². The van der Waals surface area contributed by atoms with Crippen LogP contribution in [-0.2, 0) is 16.6 Å². The van der Waals surface area contributed by atoms with Gasteiger partial charge in [-0.05, 0) is 31.7 Å². The predicted molar refractivity (Wildman–Crippen MR) is 81.2 cm³/mol. The number of hydrogen-bond donors (Lipinski definition) is 0. The average Bonchev–Trinajstić information content (AvgIpc) is 3.07. The molecule has 0 N–H and O–H groups in total. The monoisotopic (exact) mass is 338 g/mol. The standard InChI is InChI=1S/C14H18N4O4S/c1-11-2-3-14(19)18(16-11)9-12-4-6-17(7-5-12)23(20,21)13-8-15-22-10-13/h2-3,8,10,12H,4-7,9H2,1H3. The van der Waals surface area contributed by atoms with Crippen LogP contribution in [0.1, 0.15) is 18.5 Å². The summed E-state index contributed by atoms with van der Waals surface area (Å²) in [6, 6.07) is 3.20. The summed E-state index contributed by atoms with van der Waals surface area (Å²) in [5.41, 5.74) is 0.659. The highest BCUT2D eigenvalue weighted by molar-refractivity contribution is 7.89. The van der Waals surface area contributed by atoms with Gasteiger partial charge < -0.3 is 4.52 Å². The van der Waals surface area contributed by atoms with E-state index in [0.717, 1.165) is 12.0 Å². The fourth-order valence-electron chi connectivity index (χ4n) is 2.73. The van der Waals surface area contributed by atoms with Gasteiger partial charge in [0.15, 0.2) is 0 Å². The SMILES string of the molecule is Cc1ccc(=O)n(CC2CCN(S(=O)(=O)c3cnoc3)CC2)n1. The van der Waals surface area contributed by atoms with Crippen molar-refractivity contribution in [3.63, 3.8) is 0 Å². The van der Waals surface area contributed by atoms with E-state index < -0.39 is 10.0 Å². The minimum absolute atomic E-state index is 0.0764. The highest BCUT2D eigenvalue weighted by Crippen LogP contribution is 2.24. The molecule has 1 fully saturated rings. The van der Waals surface area contributed by atoms with Gasteiger partial charge in [0.25, 0.3) is 5.56 Å². The van der Waals surface area contributed by atoms with Crippen molar-refractivity contribution in [1.82, 2.24) is 19.2 Å². The molecule has 0 aromatic carbocycles. The number of nitrogens with zero attached hydrogens (tertiary/aromatic N) is 4. The molecule has 0 saturated carbocycles. The van der Waals surface area contributed by atoms with Crippen LogP contribution in [0.2, 0.25) is 0 Å². The third kappa shape index (κ3) is 3.35. The van der Waals surface area contributed by atoms with Crippen molar-refractivity contribution in [1.29, 1.82) is 0 Å². The molecule has 0 aliphatic carbocycles. The van der Waals surface area contributed by atoms with Gasteiger partial charge in [-0.25, -0.2) is 13.1 Å². The van der Waals surface area contributed by atoms with E-state index in [0.29, 0.717) is 32.5 Å². The van der Waals surface area contributed by atoms with E-state index in [2.05, 4.69) is 14.8 Å². The van der Waals surface area contributed by atoms with Gasteiger partial charge in [-0.1, -0.05) is 5.16 Å². The summed E-state index contributed by atoms with van der Waals surface area (Å²) in [5, 5.41) is 7.67. The average molecular weight is 338 g/mol. The second-order valence-electron chi connectivity index (χ2n) is 5.70. The Hall–Kier alpha value is -2.00. The third-order valence-corrected chi connectivity index (χ3v) is 5.89. The largest absolute Gasteiger partial charge is 0.363 e. The molecule has 8 nitrogen and oxygen atoms in total. The number of aromatic nitrogens is 3. The van der Waals surface area contributed by atoms with Crippen LogP contribution >= 0.6 is 0 Å². The quantitative estimate of drug-likeness (QED) is 0.811. The molecular weight excluding hydrogens is 320 g/mol. The van der Waals surface area contributed by atoms with Crippen LogP contribution in [0.4, 0.5) is 0 Å². The van der Waals surface area contributed by atoms with Crippen LogP contribution in [0, 0.1) is 12.8 Å². The van der Waals surface area contributed by atoms with Crippen LogP contribution in [0.5, 0.6) is 0 Å². The minimum atomic E-state index is -3.54. The van der Waals surface area contributed by atoms with Gasteiger partial charge in [0, 0.05) is 25.7 Å². The summed E-state index contributed by atoms with van der Waals surface area (Å²) in [4.78, 5) is 11.9. The zero-order valence-electron chi connectivity index (χ0n) is 12.8. The van der Waals surface area contributed by atoms with Gasteiger partial charge in [-0.15, -0.1) is 0 Å². The van der Waals surface area contributed by atoms with Crippen molar-refractivity contribution in [3.8, 4) is 0 Å². The Morgan fingerprint density at radius 1 is 1.30 bits per heavy atom. The molecular formula is C14H18N4O4S. The molecule has 0 unspecified atom stereocenters. The minimum Gasteiger partial charge on any atom is -0.363 e. The van der Waals surface area contributed by atoms with Crippen LogP contribution in [-0.4, -0.2) is 40.7 Å². The first-order valence-corrected chi connectivity index (χ1v) is 8.85. The lowest BCUT2D eigenvalue weighted by Gasteiger charge is -2.30. The Morgan fingerprint density at radius 2 is 2.04 bits per heavy atom. The summed E-state index contributed by atoms with van der Waals surface area (Å²) >= 11 is 0. The van der Waals surface area contributed by atoms with Gasteiger partial charge in [0.2, 0.25) is 10.0 Å².